The normalized spacial score (nSPS) is 14.3. The van der Waals surface area contributed by atoms with Crippen LogP contribution in [0.25, 0.3) is 0 Å². The molecule has 4 N–H and O–H groups in total. The molecule has 3 amide bonds. The highest BCUT2D eigenvalue weighted by molar-refractivity contribution is 6.35. The minimum absolute atomic E-state index is 0.0261. The van der Waals surface area contributed by atoms with Crippen molar-refractivity contribution in [2.24, 2.45) is 11.8 Å². The molecule has 200 valence electrons. The number of carbonyl (C=O) groups is 5. The van der Waals surface area contributed by atoms with Crippen LogP contribution in [0.1, 0.15) is 46.1 Å². The van der Waals surface area contributed by atoms with Crippen molar-refractivity contribution in [2.45, 2.75) is 71.7 Å². The summed E-state index contributed by atoms with van der Waals surface area (Å²) in [6, 6.07) is 4.52. The molecule has 0 aliphatic heterocycles. The van der Waals surface area contributed by atoms with E-state index in [1.807, 2.05) is 5.32 Å². The third-order valence-electron chi connectivity index (χ3n) is 5.49. The maximum atomic E-state index is 13.0. The second kappa shape index (κ2) is 14.7. The van der Waals surface area contributed by atoms with E-state index < -0.39 is 66.5 Å². The van der Waals surface area contributed by atoms with Gasteiger partial charge in [0.15, 0.2) is 0 Å². The number of alkyl carbamates (subject to hydrolysis) is 1. The van der Waals surface area contributed by atoms with E-state index >= 15 is 0 Å². The van der Waals surface area contributed by atoms with Gasteiger partial charge >= 0.3 is 12.1 Å². The van der Waals surface area contributed by atoms with Crippen LogP contribution < -0.4 is 16.0 Å². The van der Waals surface area contributed by atoms with E-state index in [0.717, 1.165) is 5.56 Å². The Kier molecular flexibility index (Phi) is 12.5. The van der Waals surface area contributed by atoms with Gasteiger partial charge in [0.1, 0.15) is 24.7 Å². The van der Waals surface area contributed by atoms with Gasteiger partial charge in [0, 0.05) is 6.42 Å². The van der Waals surface area contributed by atoms with Crippen molar-refractivity contribution in [1.29, 1.82) is 0 Å². The number of amides is 3. The fourth-order valence-corrected chi connectivity index (χ4v) is 3.19. The minimum atomic E-state index is -3.05. The largest absolute Gasteiger partial charge is 0.475 e. The molecule has 0 fully saturated rings. The molecule has 10 nitrogen and oxygen atoms in total. The van der Waals surface area contributed by atoms with Crippen molar-refractivity contribution in [3.05, 3.63) is 35.9 Å². The molecule has 1 aromatic rings. The van der Waals surface area contributed by atoms with Gasteiger partial charge in [-0.2, -0.15) is 0 Å². The average Bonchev–Trinajstić information content (AvgIpc) is 2.82. The Morgan fingerprint density at radius 3 is 2.00 bits per heavy atom. The molecule has 1 aromatic carbocycles. The number of carboxylic acids is 1. The number of hydrogen-bond acceptors (Lipinski definition) is 6. The summed E-state index contributed by atoms with van der Waals surface area (Å²) < 4.78 is 30.8. The highest BCUT2D eigenvalue weighted by atomic mass is 19.3. The third-order valence-corrected chi connectivity index (χ3v) is 5.49. The van der Waals surface area contributed by atoms with Crippen LogP contribution in [0.3, 0.4) is 0 Å². The number of ketones is 1. The van der Waals surface area contributed by atoms with Crippen LogP contribution in [0.2, 0.25) is 0 Å². The number of halogens is 2. The molecule has 0 aromatic heterocycles. The van der Waals surface area contributed by atoms with Gasteiger partial charge < -0.3 is 25.8 Å². The van der Waals surface area contributed by atoms with Crippen molar-refractivity contribution in [1.82, 2.24) is 16.0 Å². The zero-order chi connectivity index (χ0) is 27.4. The highest BCUT2D eigenvalue weighted by Gasteiger charge is 2.35. The highest BCUT2D eigenvalue weighted by Crippen LogP contribution is 2.12. The van der Waals surface area contributed by atoms with Crippen LogP contribution in [0.15, 0.2) is 30.3 Å². The molecule has 12 heteroatoms. The second-order valence-electron chi connectivity index (χ2n) is 8.66. The van der Waals surface area contributed by atoms with Gasteiger partial charge in [0.05, 0.1) is 0 Å². The Bertz CT molecular complexity index is 912. The molecule has 36 heavy (non-hydrogen) atoms. The molecule has 4 atom stereocenters. The standard InChI is InChI=1S/C24H33F2N3O7/c1-5-14(4)19(29-24(35)36-12-15-9-7-6-8-10-15)22(32)28-18(13(2)3)21(31)27-16(11-17(25)26)20(30)23(33)34/h6-10,13-14,16-19H,5,11-12H2,1-4H3,(H,27,31)(H,28,32)(H,29,35)(H,33,34)/t14-,16-,18-,19-/m0/s1. The summed E-state index contributed by atoms with van der Waals surface area (Å²) in [6.07, 6.45) is -4.61. The number of Topliss-reactive ketones (excluding diaryl/α,β-unsaturated/α-hetero) is 1. The maximum Gasteiger partial charge on any atom is 0.408 e. The number of alkyl halides is 2. The molecule has 0 aliphatic rings. The number of hydrogen-bond donors (Lipinski definition) is 4. The van der Waals surface area contributed by atoms with Crippen LogP contribution in [-0.4, -0.2) is 59.3 Å². The number of ether oxygens (including phenoxy) is 1. The lowest BCUT2D eigenvalue weighted by molar-refractivity contribution is -0.151. The molecule has 0 spiro atoms. The smallest absolute Gasteiger partial charge is 0.408 e. The molecule has 0 heterocycles. The second-order valence-corrected chi connectivity index (χ2v) is 8.66. The minimum Gasteiger partial charge on any atom is -0.475 e. The Hall–Kier alpha value is -3.57. The molecule has 0 aliphatic carbocycles. The monoisotopic (exact) mass is 513 g/mol. The number of nitrogens with one attached hydrogen (secondary N) is 3. The molecule has 0 bridgehead atoms. The summed E-state index contributed by atoms with van der Waals surface area (Å²) in [6.45, 7) is 6.59. The van der Waals surface area contributed by atoms with Gasteiger partial charge in [-0.1, -0.05) is 64.4 Å². The molecular formula is C24H33F2N3O7. The molecular weight excluding hydrogens is 480 g/mol. The summed E-state index contributed by atoms with van der Waals surface area (Å²) in [5.74, 6) is -6.24. The van der Waals surface area contributed by atoms with E-state index in [-0.39, 0.29) is 12.5 Å². The lowest BCUT2D eigenvalue weighted by Gasteiger charge is -2.28. The molecule has 1 rings (SSSR count). The van der Waals surface area contributed by atoms with Crippen LogP contribution in [-0.2, 0) is 30.5 Å². The Morgan fingerprint density at radius 2 is 1.50 bits per heavy atom. The van der Waals surface area contributed by atoms with Gasteiger partial charge in [-0.25, -0.2) is 18.4 Å². The molecule has 0 saturated carbocycles. The van der Waals surface area contributed by atoms with Crippen LogP contribution in [0.4, 0.5) is 13.6 Å². The van der Waals surface area contributed by atoms with E-state index in [4.69, 9.17) is 9.84 Å². The quantitative estimate of drug-likeness (QED) is 0.279. The Morgan fingerprint density at radius 1 is 0.917 bits per heavy atom. The molecule has 0 unspecified atom stereocenters. The first-order valence-electron chi connectivity index (χ1n) is 11.5. The number of rotatable bonds is 14. The van der Waals surface area contributed by atoms with Crippen molar-refractivity contribution in [3.63, 3.8) is 0 Å². The number of benzene rings is 1. The number of carbonyl (C=O) groups excluding carboxylic acids is 4. The van der Waals surface area contributed by atoms with Gasteiger partial charge in [-0.05, 0) is 17.4 Å². The van der Waals surface area contributed by atoms with Crippen molar-refractivity contribution in [2.75, 3.05) is 0 Å². The van der Waals surface area contributed by atoms with E-state index in [1.54, 1.807) is 58.0 Å². The van der Waals surface area contributed by atoms with Crippen LogP contribution in [0, 0.1) is 11.8 Å². The van der Waals surface area contributed by atoms with Crippen LogP contribution >= 0.6 is 0 Å². The van der Waals surface area contributed by atoms with E-state index in [0.29, 0.717) is 6.42 Å². The molecule has 0 radical (unpaired) electrons. The summed E-state index contributed by atoms with van der Waals surface area (Å²) in [5, 5.41) is 15.8. The van der Waals surface area contributed by atoms with Gasteiger partial charge in [-0.15, -0.1) is 0 Å². The Labute approximate surface area is 208 Å². The van der Waals surface area contributed by atoms with E-state index in [9.17, 15) is 32.8 Å². The fraction of sp³-hybridized carbons (Fsp3) is 0.542. The van der Waals surface area contributed by atoms with E-state index in [1.165, 1.54) is 0 Å². The lowest BCUT2D eigenvalue weighted by Crippen LogP contribution is -2.59. The predicted molar refractivity (Wildman–Crippen MR) is 125 cm³/mol. The summed E-state index contributed by atoms with van der Waals surface area (Å²) in [7, 11) is 0. The Balaban J connectivity index is 2.94. The fourth-order valence-electron chi connectivity index (χ4n) is 3.19. The first kappa shape index (κ1) is 30.5. The zero-order valence-corrected chi connectivity index (χ0v) is 20.6. The first-order valence-corrected chi connectivity index (χ1v) is 11.5. The van der Waals surface area contributed by atoms with Crippen molar-refractivity contribution in [3.8, 4) is 0 Å². The number of aliphatic carboxylic acids is 1. The maximum absolute atomic E-state index is 13.0. The van der Waals surface area contributed by atoms with Gasteiger partial charge in [0.25, 0.3) is 5.78 Å². The molecule has 0 saturated heterocycles. The summed E-state index contributed by atoms with van der Waals surface area (Å²) in [5.41, 5.74) is 0.739. The predicted octanol–water partition coefficient (Wildman–Crippen LogP) is 2.26. The van der Waals surface area contributed by atoms with Crippen LogP contribution in [0.5, 0.6) is 0 Å². The van der Waals surface area contributed by atoms with Gasteiger partial charge in [-0.3, -0.25) is 14.4 Å². The summed E-state index contributed by atoms with van der Waals surface area (Å²) in [4.78, 5) is 60.8. The zero-order valence-electron chi connectivity index (χ0n) is 20.6. The first-order chi connectivity index (χ1) is 16.9. The average molecular weight is 514 g/mol. The topological polar surface area (TPSA) is 151 Å². The number of carboxylic acid groups (broad SMARTS) is 1. The van der Waals surface area contributed by atoms with Gasteiger partial charge in [0.2, 0.25) is 18.2 Å². The lowest BCUT2D eigenvalue weighted by atomic mass is 9.96. The summed E-state index contributed by atoms with van der Waals surface area (Å²) >= 11 is 0. The van der Waals surface area contributed by atoms with Crippen molar-refractivity contribution < 1.29 is 42.6 Å². The van der Waals surface area contributed by atoms with E-state index in [2.05, 4.69) is 10.6 Å². The van der Waals surface area contributed by atoms with Crippen molar-refractivity contribution >= 4 is 29.7 Å². The third kappa shape index (κ3) is 9.96. The SMILES string of the molecule is CC[C@H](C)[C@H](NC(=O)OCc1ccccc1)C(=O)N[C@H](C(=O)N[C@@H](CC(F)F)C(=O)C(=O)O)C(C)C.